The van der Waals surface area contributed by atoms with E-state index in [1.54, 1.807) is 6.92 Å². The van der Waals surface area contributed by atoms with Crippen LogP contribution < -0.4 is 5.90 Å². The number of likely N-dealkylation sites (tertiary alicyclic amines) is 1. The van der Waals surface area contributed by atoms with Gasteiger partial charge < -0.3 is 4.84 Å². The molecule has 0 bridgehead atoms. The van der Waals surface area contributed by atoms with E-state index in [1.165, 1.54) is 4.90 Å². The second-order valence-electron chi connectivity index (χ2n) is 4.27. The summed E-state index contributed by atoms with van der Waals surface area (Å²) in [6.07, 6.45) is 4.18. The number of amides is 2. The summed E-state index contributed by atoms with van der Waals surface area (Å²) in [5.74, 6) is 4.73. The van der Waals surface area contributed by atoms with Crippen LogP contribution in [0.1, 0.15) is 39.0 Å². The minimum absolute atomic E-state index is 0.0182. The first-order valence-electron chi connectivity index (χ1n) is 5.82. The van der Waals surface area contributed by atoms with Gasteiger partial charge in [-0.1, -0.05) is 19.8 Å². The second kappa shape index (κ2) is 6.60. The highest BCUT2D eigenvalue weighted by atomic mass is 16.6. The molecule has 0 aromatic heterocycles. The molecule has 1 fully saturated rings. The Labute approximate surface area is 95.9 Å². The zero-order valence-corrected chi connectivity index (χ0v) is 9.78. The molecule has 1 unspecified atom stereocenters. The third-order valence-electron chi connectivity index (χ3n) is 2.86. The lowest BCUT2D eigenvalue weighted by Gasteiger charge is -2.13. The molecular formula is C11H20N2O3. The van der Waals surface area contributed by atoms with Gasteiger partial charge in [0, 0.05) is 18.9 Å². The van der Waals surface area contributed by atoms with Crippen LogP contribution in [0.3, 0.4) is 0 Å². The highest BCUT2D eigenvalue weighted by molar-refractivity contribution is 6.03. The molecule has 0 radical (unpaired) electrons. The van der Waals surface area contributed by atoms with Crippen LogP contribution in [0.25, 0.3) is 0 Å². The second-order valence-corrected chi connectivity index (χ2v) is 4.27. The summed E-state index contributed by atoms with van der Waals surface area (Å²) in [5, 5.41) is 0. The molecule has 1 saturated heterocycles. The van der Waals surface area contributed by atoms with Crippen LogP contribution in [-0.4, -0.2) is 29.9 Å². The molecule has 1 rings (SSSR count). The maximum absolute atomic E-state index is 11.6. The van der Waals surface area contributed by atoms with E-state index in [1.807, 2.05) is 0 Å². The van der Waals surface area contributed by atoms with Crippen molar-refractivity contribution in [3.8, 4) is 0 Å². The molecule has 0 aromatic rings. The summed E-state index contributed by atoms with van der Waals surface area (Å²) in [7, 11) is 0. The summed E-state index contributed by atoms with van der Waals surface area (Å²) in [5.41, 5.74) is 0. The fraction of sp³-hybridized carbons (Fsp3) is 0.818. The van der Waals surface area contributed by atoms with E-state index in [4.69, 9.17) is 5.90 Å². The first-order chi connectivity index (χ1) is 7.66. The largest absolute Gasteiger partial charge is 0.305 e. The van der Waals surface area contributed by atoms with Crippen LogP contribution in [0.2, 0.25) is 0 Å². The lowest BCUT2D eigenvalue weighted by Crippen LogP contribution is -2.31. The summed E-state index contributed by atoms with van der Waals surface area (Å²) in [6.45, 7) is 2.93. The van der Waals surface area contributed by atoms with Gasteiger partial charge in [-0.3, -0.25) is 14.5 Å². The van der Waals surface area contributed by atoms with Crippen LogP contribution in [0.5, 0.6) is 0 Å². The molecule has 2 amide bonds. The van der Waals surface area contributed by atoms with E-state index < -0.39 is 0 Å². The van der Waals surface area contributed by atoms with Crippen molar-refractivity contribution in [1.29, 1.82) is 0 Å². The number of carbonyl (C=O) groups excluding carboxylic acids is 2. The average Bonchev–Trinajstić information content (AvgIpc) is 2.49. The van der Waals surface area contributed by atoms with Gasteiger partial charge in [0.1, 0.15) is 0 Å². The highest BCUT2D eigenvalue weighted by Gasteiger charge is 2.34. The van der Waals surface area contributed by atoms with Gasteiger partial charge in [0.05, 0.1) is 6.61 Å². The molecule has 5 heteroatoms. The molecule has 16 heavy (non-hydrogen) atoms. The number of nitrogens with zero attached hydrogens (tertiary/aromatic N) is 1. The van der Waals surface area contributed by atoms with E-state index in [0.29, 0.717) is 19.6 Å². The molecule has 0 aromatic carbocycles. The molecule has 0 saturated carbocycles. The number of imide groups is 1. The standard InChI is InChI=1S/C11H20N2O3/c1-9-8-10(14)13(11(9)15)6-4-2-3-5-7-16-12/h9H,2-8,12H2,1H3. The van der Waals surface area contributed by atoms with Gasteiger partial charge in [0.15, 0.2) is 0 Å². The van der Waals surface area contributed by atoms with E-state index in [2.05, 4.69) is 4.84 Å². The highest BCUT2D eigenvalue weighted by Crippen LogP contribution is 2.19. The van der Waals surface area contributed by atoms with Crippen LogP contribution in [0.4, 0.5) is 0 Å². The lowest BCUT2D eigenvalue weighted by molar-refractivity contribution is -0.139. The Morgan fingerprint density at radius 1 is 1.31 bits per heavy atom. The van der Waals surface area contributed by atoms with Crippen molar-refractivity contribution >= 4 is 11.8 Å². The Hall–Kier alpha value is -0.940. The van der Waals surface area contributed by atoms with Crippen molar-refractivity contribution in [2.75, 3.05) is 13.2 Å². The van der Waals surface area contributed by atoms with Crippen molar-refractivity contribution in [2.45, 2.75) is 39.0 Å². The predicted octanol–water partition coefficient (Wildman–Crippen LogP) is 0.832. The molecule has 1 heterocycles. The quantitative estimate of drug-likeness (QED) is 0.398. The molecule has 0 aliphatic carbocycles. The molecular weight excluding hydrogens is 208 g/mol. The van der Waals surface area contributed by atoms with Gasteiger partial charge >= 0.3 is 0 Å². The maximum Gasteiger partial charge on any atom is 0.232 e. The Bertz CT molecular complexity index is 256. The maximum atomic E-state index is 11.6. The first kappa shape index (κ1) is 13.1. The minimum Gasteiger partial charge on any atom is -0.305 e. The fourth-order valence-corrected chi connectivity index (χ4v) is 1.89. The van der Waals surface area contributed by atoms with Gasteiger partial charge in [-0.05, 0) is 12.8 Å². The van der Waals surface area contributed by atoms with Gasteiger partial charge in [-0.15, -0.1) is 0 Å². The number of nitrogens with two attached hydrogens (primary N) is 1. The number of carbonyl (C=O) groups is 2. The molecule has 1 aliphatic rings. The molecule has 92 valence electrons. The van der Waals surface area contributed by atoms with Crippen LogP contribution in [0, 0.1) is 5.92 Å². The monoisotopic (exact) mass is 228 g/mol. The Morgan fingerprint density at radius 3 is 2.56 bits per heavy atom. The summed E-state index contributed by atoms with van der Waals surface area (Å²) in [6, 6.07) is 0. The van der Waals surface area contributed by atoms with Gasteiger partial charge in [0.2, 0.25) is 11.8 Å². The van der Waals surface area contributed by atoms with Crippen molar-refractivity contribution in [3.05, 3.63) is 0 Å². The SMILES string of the molecule is CC1CC(=O)N(CCCCCCON)C1=O. The van der Waals surface area contributed by atoms with E-state index >= 15 is 0 Å². The van der Waals surface area contributed by atoms with Gasteiger partial charge in [-0.2, -0.15) is 0 Å². The normalized spacial score (nSPS) is 20.9. The topological polar surface area (TPSA) is 72.6 Å². The zero-order valence-electron chi connectivity index (χ0n) is 9.78. The minimum atomic E-state index is -0.127. The molecule has 5 nitrogen and oxygen atoms in total. The van der Waals surface area contributed by atoms with Crippen molar-refractivity contribution in [3.63, 3.8) is 0 Å². The van der Waals surface area contributed by atoms with Gasteiger partial charge in [0.25, 0.3) is 0 Å². The molecule has 0 spiro atoms. The van der Waals surface area contributed by atoms with Crippen LogP contribution in [-0.2, 0) is 14.4 Å². The third-order valence-corrected chi connectivity index (χ3v) is 2.86. The number of hydrogen-bond donors (Lipinski definition) is 1. The summed E-state index contributed by atoms with van der Waals surface area (Å²) >= 11 is 0. The van der Waals surface area contributed by atoms with Crippen molar-refractivity contribution in [1.82, 2.24) is 4.90 Å². The summed E-state index contributed by atoms with van der Waals surface area (Å²) in [4.78, 5) is 28.8. The van der Waals surface area contributed by atoms with E-state index in [9.17, 15) is 9.59 Å². The Balaban J connectivity index is 2.13. The van der Waals surface area contributed by atoms with Crippen LogP contribution in [0.15, 0.2) is 0 Å². The Morgan fingerprint density at radius 2 is 2.00 bits per heavy atom. The number of unbranched alkanes of at least 4 members (excludes halogenated alkanes) is 3. The molecule has 1 atom stereocenters. The fourth-order valence-electron chi connectivity index (χ4n) is 1.89. The van der Waals surface area contributed by atoms with E-state index in [0.717, 1.165) is 25.7 Å². The predicted molar refractivity (Wildman–Crippen MR) is 59.1 cm³/mol. The smallest absolute Gasteiger partial charge is 0.232 e. The zero-order chi connectivity index (χ0) is 12.0. The van der Waals surface area contributed by atoms with Crippen LogP contribution >= 0.6 is 0 Å². The Kier molecular flexibility index (Phi) is 5.42. The lowest BCUT2D eigenvalue weighted by atomic mass is 10.1. The number of rotatable bonds is 7. The third kappa shape index (κ3) is 3.57. The molecule has 1 aliphatic heterocycles. The average molecular weight is 228 g/mol. The van der Waals surface area contributed by atoms with Crippen molar-refractivity contribution < 1.29 is 14.4 Å². The van der Waals surface area contributed by atoms with Crippen molar-refractivity contribution in [2.24, 2.45) is 11.8 Å². The summed E-state index contributed by atoms with van der Waals surface area (Å²) < 4.78 is 0. The first-order valence-corrected chi connectivity index (χ1v) is 5.82. The number of hydrogen-bond acceptors (Lipinski definition) is 4. The van der Waals surface area contributed by atoms with Gasteiger partial charge in [-0.25, -0.2) is 5.90 Å². The van der Waals surface area contributed by atoms with E-state index in [-0.39, 0.29) is 17.7 Å². The molecule has 2 N–H and O–H groups in total.